The number of anilines is 1. The molecule has 0 spiro atoms. The Morgan fingerprint density at radius 3 is 1.79 bits per heavy atom. The van der Waals surface area contributed by atoms with Crippen LogP contribution in [0.4, 0.5) is 5.69 Å². The molecule has 2 rings (SSSR count). The molecule has 6 nitrogen and oxygen atoms in total. The van der Waals surface area contributed by atoms with Crippen LogP contribution < -0.4 is 5.73 Å². The van der Waals surface area contributed by atoms with Crippen LogP contribution in [0, 0.1) is 0 Å². The van der Waals surface area contributed by atoms with Gasteiger partial charge >= 0.3 is 11.9 Å². The number of aromatic carboxylic acids is 2. The Balaban J connectivity index is 3.00. The number of nitrogens with two attached hydrogens (primary N) is 1. The summed E-state index contributed by atoms with van der Waals surface area (Å²) in [5, 5.41) is 19.2. The van der Waals surface area contributed by atoms with Gasteiger partial charge in [0.25, 0.3) is 0 Å². The molecule has 0 heterocycles. The minimum absolute atomic E-state index is 0.113. The van der Waals surface area contributed by atoms with Gasteiger partial charge in [-0.3, -0.25) is 4.79 Å². The molecule has 0 saturated carbocycles. The minimum atomic E-state index is -1.55. The maximum Gasteiger partial charge on any atom is 0.337 e. The average molecular weight is 446 g/mol. The lowest BCUT2D eigenvalue weighted by molar-refractivity contribution is 0.0650. The number of hydrogen-bond acceptors (Lipinski definition) is 4. The molecule has 0 bridgehead atoms. The quantitative estimate of drug-likeness (QED) is 0.245. The fourth-order valence-corrected chi connectivity index (χ4v) is 3.99. The van der Waals surface area contributed by atoms with Gasteiger partial charge in [-0.1, -0.05) is 24.3 Å². The third-order valence-electron chi connectivity index (χ3n) is 5.32. The molecule has 0 fully saturated rings. The molecule has 0 radical (unpaired) electrons. The number of allylic oxidation sites excluding steroid dienone is 4. The summed E-state index contributed by atoms with van der Waals surface area (Å²) in [6.45, 7) is 15.3. The van der Waals surface area contributed by atoms with Gasteiger partial charge in [-0.05, 0) is 66.1 Å². The normalized spacial score (nSPS) is 10.3. The molecule has 6 heteroatoms. The summed E-state index contributed by atoms with van der Waals surface area (Å²) in [6, 6.07) is 4.02. The molecule has 0 unspecified atom stereocenters. The van der Waals surface area contributed by atoms with Crippen molar-refractivity contribution in [1.82, 2.24) is 0 Å². The largest absolute Gasteiger partial charge is 0.478 e. The summed E-state index contributed by atoms with van der Waals surface area (Å²) in [6.07, 6.45) is 8.69. The maximum atomic E-state index is 13.8. The second kappa shape index (κ2) is 10.9. The van der Waals surface area contributed by atoms with E-state index in [2.05, 4.69) is 26.3 Å². The molecular weight excluding hydrogens is 418 g/mol. The maximum absolute atomic E-state index is 13.8. The van der Waals surface area contributed by atoms with Gasteiger partial charge in [0.15, 0.2) is 5.78 Å². The van der Waals surface area contributed by atoms with Crippen molar-refractivity contribution in [2.75, 3.05) is 5.73 Å². The predicted molar refractivity (Wildman–Crippen MR) is 130 cm³/mol. The van der Waals surface area contributed by atoms with Crippen molar-refractivity contribution in [3.05, 3.63) is 113 Å². The summed E-state index contributed by atoms with van der Waals surface area (Å²) >= 11 is 0. The molecular formula is C27H27NO5. The highest BCUT2D eigenvalue weighted by Crippen LogP contribution is 2.32. The van der Waals surface area contributed by atoms with E-state index < -0.39 is 28.8 Å². The fourth-order valence-electron chi connectivity index (χ4n) is 3.99. The van der Waals surface area contributed by atoms with E-state index >= 15 is 0 Å². The average Bonchev–Trinajstić information content (AvgIpc) is 2.76. The van der Waals surface area contributed by atoms with Crippen molar-refractivity contribution in [2.45, 2.75) is 25.7 Å². The third-order valence-corrected chi connectivity index (χ3v) is 5.32. The summed E-state index contributed by atoms with van der Waals surface area (Å²) in [7, 11) is 0. The first-order valence-corrected chi connectivity index (χ1v) is 10.3. The van der Waals surface area contributed by atoms with Gasteiger partial charge in [0.2, 0.25) is 0 Å². The van der Waals surface area contributed by atoms with E-state index in [0.29, 0.717) is 31.2 Å². The summed E-state index contributed by atoms with van der Waals surface area (Å²) in [5.41, 5.74) is 8.02. The number of rotatable bonds is 12. The number of ketones is 1. The van der Waals surface area contributed by atoms with Gasteiger partial charge in [-0.25, -0.2) is 9.59 Å². The molecule has 0 aliphatic heterocycles. The first-order chi connectivity index (χ1) is 15.7. The number of carbonyl (C=O) groups is 3. The lowest BCUT2D eigenvalue weighted by Gasteiger charge is -2.21. The van der Waals surface area contributed by atoms with E-state index in [4.69, 9.17) is 5.73 Å². The summed E-state index contributed by atoms with van der Waals surface area (Å²) in [4.78, 5) is 37.5. The molecule has 2 aromatic rings. The lowest BCUT2D eigenvalue weighted by Crippen LogP contribution is -2.20. The van der Waals surface area contributed by atoms with E-state index in [-0.39, 0.29) is 16.8 Å². The fraction of sp³-hybridized carbons (Fsp3) is 0.148. The van der Waals surface area contributed by atoms with Crippen molar-refractivity contribution < 1.29 is 24.6 Å². The van der Waals surface area contributed by atoms with Gasteiger partial charge < -0.3 is 15.9 Å². The van der Waals surface area contributed by atoms with Crippen LogP contribution in [0.5, 0.6) is 0 Å². The number of carboxylic acids is 2. The monoisotopic (exact) mass is 445 g/mol. The van der Waals surface area contributed by atoms with Crippen LogP contribution in [0.2, 0.25) is 0 Å². The Morgan fingerprint density at radius 2 is 1.27 bits per heavy atom. The Bertz CT molecular complexity index is 1170. The Morgan fingerprint density at radius 1 is 0.727 bits per heavy atom. The van der Waals surface area contributed by atoms with Gasteiger partial charge in [-0.15, -0.1) is 26.3 Å². The van der Waals surface area contributed by atoms with Gasteiger partial charge in [0.1, 0.15) is 0 Å². The number of carbonyl (C=O) groups excluding carboxylic acids is 1. The summed E-state index contributed by atoms with van der Waals surface area (Å²) in [5.74, 6) is -3.67. The number of nitrogen functional groups attached to an aromatic ring is 1. The Labute approximate surface area is 193 Å². The van der Waals surface area contributed by atoms with Crippen molar-refractivity contribution in [3.8, 4) is 0 Å². The number of carboxylic acid groups (broad SMARTS) is 2. The van der Waals surface area contributed by atoms with Gasteiger partial charge in [0, 0.05) is 11.3 Å². The Hall–Kier alpha value is -4.19. The van der Waals surface area contributed by atoms with E-state index in [1.54, 1.807) is 30.4 Å². The second-order valence-electron chi connectivity index (χ2n) is 7.38. The smallest absolute Gasteiger partial charge is 0.337 e. The number of benzene rings is 2. The van der Waals surface area contributed by atoms with Crippen LogP contribution >= 0.6 is 0 Å². The number of hydrogen-bond donors (Lipinski definition) is 3. The summed E-state index contributed by atoms with van der Waals surface area (Å²) < 4.78 is 0. The molecule has 0 aromatic heterocycles. The molecule has 0 saturated heterocycles. The van der Waals surface area contributed by atoms with Crippen LogP contribution in [-0.2, 0) is 25.7 Å². The van der Waals surface area contributed by atoms with Crippen LogP contribution in [0.3, 0.4) is 0 Å². The SMILES string of the molecule is C=CCc1cc(C(=O)c2c(N)ccc(C(=O)O)c2C(=O)O)c(CC=C)c(CC=C)c1CC=C. The first kappa shape index (κ1) is 25.1. The highest BCUT2D eigenvalue weighted by Gasteiger charge is 2.29. The van der Waals surface area contributed by atoms with E-state index in [9.17, 15) is 24.6 Å². The van der Waals surface area contributed by atoms with Crippen molar-refractivity contribution in [2.24, 2.45) is 0 Å². The molecule has 0 amide bonds. The van der Waals surface area contributed by atoms with Crippen LogP contribution in [-0.4, -0.2) is 27.9 Å². The van der Waals surface area contributed by atoms with Gasteiger partial charge in [0.05, 0.1) is 16.7 Å². The minimum Gasteiger partial charge on any atom is -0.478 e. The molecule has 0 aliphatic carbocycles. The highest BCUT2D eigenvalue weighted by molar-refractivity contribution is 6.20. The first-order valence-electron chi connectivity index (χ1n) is 10.3. The van der Waals surface area contributed by atoms with E-state index in [0.717, 1.165) is 22.8 Å². The van der Waals surface area contributed by atoms with Crippen molar-refractivity contribution >= 4 is 23.4 Å². The third kappa shape index (κ3) is 5.01. The highest BCUT2D eigenvalue weighted by atomic mass is 16.4. The zero-order valence-electron chi connectivity index (χ0n) is 18.4. The van der Waals surface area contributed by atoms with E-state index in [1.165, 1.54) is 6.07 Å². The molecule has 0 atom stereocenters. The molecule has 0 aliphatic rings. The standard InChI is InChI=1S/C27H27NO5/c1-5-9-16-15-21(19(12-8-4)18(11-7-3)17(16)10-6-2)25(29)24-22(28)14-13-20(26(30)31)23(24)27(32)33/h5-8,13-15H,1-4,9-12,28H2,(H,30,31)(H,32,33). The lowest BCUT2D eigenvalue weighted by atomic mass is 9.82. The molecule has 4 N–H and O–H groups in total. The topological polar surface area (TPSA) is 118 Å². The van der Waals surface area contributed by atoms with Crippen LogP contribution in [0.1, 0.15) is 58.9 Å². The van der Waals surface area contributed by atoms with Crippen molar-refractivity contribution in [1.29, 1.82) is 0 Å². The van der Waals surface area contributed by atoms with Crippen LogP contribution in [0.25, 0.3) is 0 Å². The van der Waals surface area contributed by atoms with Crippen LogP contribution in [0.15, 0.2) is 68.8 Å². The molecule has 170 valence electrons. The van der Waals surface area contributed by atoms with E-state index in [1.807, 2.05) is 0 Å². The second-order valence-corrected chi connectivity index (χ2v) is 7.38. The zero-order chi connectivity index (χ0) is 24.7. The zero-order valence-corrected chi connectivity index (χ0v) is 18.4. The molecule has 33 heavy (non-hydrogen) atoms. The Kier molecular flexibility index (Phi) is 8.29. The molecule has 2 aromatic carbocycles. The predicted octanol–water partition coefficient (Wildman–Crippen LogP) is 4.81. The van der Waals surface area contributed by atoms with Crippen molar-refractivity contribution in [3.63, 3.8) is 0 Å². The van der Waals surface area contributed by atoms with Gasteiger partial charge in [-0.2, -0.15) is 0 Å².